The first-order valence-corrected chi connectivity index (χ1v) is 15.2. The molecule has 3 amide bonds. The maximum absolute atomic E-state index is 15.5. The number of ether oxygens (including phenoxy) is 3. The van der Waals surface area contributed by atoms with Gasteiger partial charge in [-0.25, -0.2) is 8.78 Å². The van der Waals surface area contributed by atoms with Crippen molar-refractivity contribution in [1.29, 1.82) is 0 Å². The van der Waals surface area contributed by atoms with E-state index in [-0.39, 0.29) is 29.0 Å². The minimum Gasteiger partial charge on any atom is -0.493 e. The number of halogens is 2. The molecule has 47 heavy (non-hydrogen) atoms. The van der Waals surface area contributed by atoms with Crippen LogP contribution < -0.4 is 26.3 Å². The Hall–Kier alpha value is -5.14. The number of hydrogen-bond acceptors (Lipinski definition) is 8. The molecule has 13 heteroatoms. The van der Waals surface area contributed by atoms with Crippen LogP contribution in [-0.2, 0) is 14.3 Å². The first-order chi connectivity index (χ1) is 22.7. The van der Waals surface area contributed by atoms with Crippen LogP contribution in [0.5, 0.6) is 17.2 Å². The molecule has 3 aromatic carbocycles. The lowest BCUT2D eigenvalue weighted by atomic mass is 9.96. The predicted molar refractivity (Wildman–Crippen MR) is 168 cm³/mol. The molecule has 1 saturated carbocycles. The van der Waals surface area contributed by atoms with Crippen LogP contribution in [-0.4, -0.2) is 67.1 Å². The number of anilines is 1. The third-order valence-electron chi connectivity index (χ3n) is 8.53. The monoisotopic (exact) mass is 645 g/mol. The van der Waals surface area contributed by atoms with Gasteiger partial charge in [0.05, 0.1) is 30.9 Å². The van der Waals surface area contributed by atoms with Gasteiger partial charge in [0.25, 0.3) is 5.91 Å². The molecule has 2 atom stereocenters. The lowest BCUT2D eigenvalue weighted by Gasteiger charge is -2.26. The van der Waals surface area contributed by atoms with Gasteiger partial charge in [0.15, 0.2) is 0 Å². The standard InChI is InChI=1S/C34H33F2N5O6/c35-20-2-4-21(5-3-20)40-33(44)34(32(38)43)19-26(34)23-7-6-22(16-27(23)36)47-29-8-9-39-28-18-30(25(31(37)42)17-24(28)29)46-13-1-10-41-11-14-45-15-12-41/h2-9,16-18,26H,1,10-15,19H2,(H2,37,42)(H2,38,43)(H,40,44). The molecule has 2 aliphatic rings. The minimum absolute atomic E-state index is 0.00892. The summed E-state index contributed by atoms with van der Waals surface area (Å²) in [4.78, 5) is 44.6. The van der Waals surface area contributed by atoms with Crippen molar-refractivity contribution in [2.45, 2.75) is 18.8 Å². The second kappa shape index (κ2) is 13.3. The van der Waals surface area contributed by atoms with Crippen LogP contribution in [0.15, 0.2) is 66.9 Å². The maximum Gasteiger partial charge on any atom is 0.252 e. The quantitative estimate of drug-likeness (QED) is 0.153. The number of carbonyl (C=O) groups is 3. The number of primary amides is 2. The summed E-state index contributed by atoms with van der Waals surface area (Å²) in [6.45, 7) is 4.36. The van der Waals surface area contributed by atoms with Crippen LogP contribution in [0.2, 0.25) is 0 Å². The fourth-order valence-electron chi connectivity index (χ4n) is 5.87. The van der Waals surface area contributed by atoms with E-state index in [2.05, 4.69) is 15.2 Å². The van der Waals surface area contributed by atoms with E-state index in [0.717, 1.165) is 44.3 Å². The van der Waals surface area contributed by atoms with E-state index in [0.29, 0.717) is 42.2 Å². The Labute approximate surface area is 268 Å². The van der Waals surface area contributed by atoms with Gasteiger partial charge in [0, 0.05) is 55.0 Å². The summed E-state index contributed by atoms with van der Waals surface area (Å²) in [6.07, 6.45) is 2.27. The molecule has 0 spiro atoms. The number of carbonyl (C=O) groups excluding carboxylic acids is 3. The van der Waals surface area contributed by atoms with Crippen molar-refractivity contribution in [3.05, 3.63) is 89.6 Å². The molecule has 2 heterocycles. The van der Waals surface area contributed by atoms with E-state index < -0.39 is 40.7 Å². The molecule has 11 nitrogen and oxygen atoms in total. The number of nitrogens with zero attached hydrogens (tertiary/aromatic N) is 2. The Morgan fingerprint density at radius 1 is 1.00 bits per heavy atom. The average molecular weight is 646 g/mol. The average Bonchev–Trinajstić information content (AvgIpc) is 3.82. The van der Waals surface area contributed by atoms with Crippen molar-refractivity contribution in [1.82, 2.24) is 9.88 Å². The van der Waals surface area contributed by atoms with E-state index in [1.165, 1.54) is 36.5 Å². The van der Waals surface area contributed by atoms with Gasteiger partial charge in [-0.2, -0.15) is 0 Å². The number of aromatic nitrogens is 1. The number of fused-ring (bicyclic) bond motifs is 1. The molecule has 5 N–H and O–H groups in total. The molecule has 1 aliphatic heterocycles. The molecule has 2 unspecified atom stereocenters. The largest absolute Gasteiger partial charge is 0.493 e. The number of hydrogen-bond donors (Lipinski definition) is 3. The molecular weight excluding hydrogens is 612 g/mol. The third kappa shape index (κ3) is 6.71. The predicted octanol–water partition coefficient (Wildman–Crippen LogP) is 4.10. The summed E-state index contributed by atoms with van der Waals surface area (Å²) in [5.74, 6) is -3.55. The van der Waals surface area contributed by atoms with Gasteiger partial charge in [-0.1, -0.05) is 6.07 Å². The Balaban J connectivity index is 1.17. The Morgan fingerprint density at radius 2 is 1.77 bits per heavy atom. The van der Waals surface area contributed by atoms with Gasteiger partial charge in [0.2, 0.25) is 11.8 Å². The van der Waals surface area contributed by atoms with E-state index >= 15 is 4.39 Å². The zero-order valence-corrected chi connectivity index (χ0v) is 25.3. The Bertz CT molecular complexity index is 1830. The highest BCUT2D eigenvalue weighted by Gasteiger charge is 2.66. The van der Waals surface area contributed by atoms with Crippen LogP contribution in [0, 0.1) is 17.0 Å². The van der Waals surface area contributed by atoms with Crippen LogP contribution >= 0.6 is 0 Å². The molecule has 244 valence electrons. The number of morpholine rings is 1. The van der Waals surface area contributed by atoms with E-state index in [1.54, 1.807) is 12.1 Å². The summed E-state index contributed by atoms with van der Waals surface area (Å²) in [5.41, 5.74) is 10.7. The number of benzene rings is 3. The smallest absolute Gasteiger partial charge is 0.252 e. The number of nitrogens with two attached hydrogens (primary N) is 2. The summed E-state index contributed by atoms with van der Waals surface area (Å²) in [6, 6.07) is 13.8. The SMILES string of the molecule is NC(=O)c1cc2c(Oc3ccc(C4CC4(C(N)=O)C(=O)Nc4ccc(F)cc4)c(F)c3)ccnc2cc1OCCCN1CCOCC1. The molecule has 0 radical (unpaired) electrons. The lowest BCUT2D eigenvalue weighted by molar-refractivity contribution is -0.132. The topological polar surface area (TPSA) is 159 Å². The summed E-state index contributed by atoms with van der Waals surface area (Å²) < 4.78 is 46.1. The minimum atomic E-state index is -1.66. The third-order valence-corrected chi connectivity index (χ3v) is 8.53. The van der Waals surface area contributed by atoms with Gasteiger partial charge in [-0.05, 0) is 60.9 Å². The van der Waals surface area contributed by atoms with Crippen molar-refractivity contribution in [3.8, 4) is 17.2 Å². The number of pyridine rings is 1. The van der Waals surface area contributed by atoms with Crippen LogP contribution in [0.3, 0.4) is 0 Å². The van der Waals surface area contributed by atoms with Crippen molar-refractivity contribution in [2.75, 3.05) is 44.8 Å². The van der Waals surface area contributed by atoms with Crippen molar-refractivity contribution in [3.63, 3.8) is 0 Å². The fraction of sp³-hybridized carbons (Fsp3) is 0.294. The molecule has 6 rings (SSSR count). The van der Waals surface area contributed by atoms with Gasteiger partial charge >= 0.3 is 0 Å². The Kier molecular flexibility index (Phi) is 9.01. The van der Waals surface area contributed by atoms with Crippen LogP contribution in [0.25, 0.3) is 10.9 Å². The van der Waals surface area contributed by atoms with Gasteiger partial charge < -0.3 is 31.0 Å². The molecule has 1 aromatic heterocycles. The van der Waals surface area contributed by atoms with Crippen LogP contribution in [0.1, 0.15) is 34.7 Å². The molecule has 1 aliphatic carbocycles. The second-order valence-corrected chi connectivity index (χ2v) is 11.5. The van der Waals surface area contributed by atoms with Crippen molar-refractivity contribution in [2.24, 2.45) is 16.9 Å². The molecule has 1 saturated heterocycles. The highest BCUT2D eigenvalue weighted by atomic mass is 19.1. The highest BCUT2D eigenvalue weighted by molar-refractivity contribution is 6.14. The maximum atomic E-state index is 15.5. The number of nitrogens with one attached hydrogen (secondary N) is 1. The van der Waals surface area contributed by atoms with Gasteiger partial charge in [-0.15, -0.1) is 0 Å². The first kappa shape index (κ1) is 31.8. The lowest BCUT2D eigenvalue weighted by Crippen LogP contribution is -2.37. The normalized spacial score (nSPS) is 19.2. The zero-order valence-electron chi connectivity index (χ0n) is 25.3. The van der Waals surface area contributed by atoms with E-state index in [1.807, 2.05) is 0 Å². The molecule has 2 fully saturated rings. The number of rotatable bonds is 12. The second-order valence-electron chi connectivity index (χ2n) is 11.5. The van der Waals surface area contributed by atoms with Crippen LogP contribution in [0.4, 0.5) is 14.5 Å². The molecular formula is C34H33F2N5O6. The first-order valence-electron chi connectivity index (χ1n) is 15.2. The fourth-order valence-corrected chi connectivity index (χ4v) is 5.87. The number of amides is 3. The van der Waals surface area contributed by atoms with E-state index in [9.17, 15) is 18.8 Å². The molecule has 0 bridgehead atoms. The summed E-state index contributed by atoms with van der Waals surface area (Å²) in [5, 5.41) is 3.03. The Morgan fingerprint density at radius 3 is 2.47 bits per heavy atom. The summed E-state index contributed by atoms with van der Waals surface area (Å²) in [7, 11) is 0. The van der Waals surface area contributed by atoms with Crippen molar-refractivity contribution >= 4 is 34.3 Å². The molecule has 4 aromatic rings. The van der Waals surface area contributed by atoms with Crippen molar-refractivity contribution < 1.29 is 37.4 Å². The van der Waals surface area contributed by atoms with E-state index in [4.69, 9.17) is 25.7 Å². The van der Waals surface area contributed by atoms with Gasteiger partial charge in [0.1, 0.15) is 34.3 Å². The highest BCUT2D eigenvalue weighted by Crippen LogP contribution is 2.60. The zero-order chi connectivity index (χ0) is 33.1. The van der Waals surface area contributed by atoms with Gasteiger partial charge in [-0.3, -0.25) is 24.3 Å². The summed E-state index contributed by atoms with van der Waals surface area (Å²) >= 11 is 0.